The maximum Gasteiger partial charge on any atom is 0.338 e. The van der Waals surface area contributed by atoms with Gasteiger partial charge in [-0.25, -0.2) is 9.59 Å². The zero-order valence-corrected chi connectivity index (χ0v) is 17.9. The molecule has 0 atom stereocenters. The van der Waals surface area contributed by atoms with E-state index in [0.29, 0.717) is 22.6 Å². The Labute approximate surface area is 180 Å². The second-order valence-electron chi connectivity index (χ2n) is 6.14. The molecule has 0 saturated carbocycles. The number of esters is 2. The first kappa shape index (κ1) is 23.3. The van der Waals surface area contributed by atoms with Gasteiger partial charge >= 0.3 is 11.9 Å². The Kier molecular flexibility index (Phi) is 8.08. The highest BCUT2D eigenvalue weighted by Crippen LogP contribution is 2.31. The molecule has 8 heteroatoms. The van der Waals surface area contributed by atoms with Crippen molar-refractivity contribution >= 4 is 24.1 Å². The van der Waals surface area contributed by atoms with Gasteiger partial charge in [-0.2, -0.15) is 0 Å². The summed E-state index contributed by atoms with van der Waals surface area (Å²) in [6.45, 7) is 0. The van der Waals surface area contributed by atoms with E-state index in [-0.39, 0.29) is 22.6 Å². The molecule has 0 fully saturated rings. The minimum Gasteiger partial charge on any atom is -0.504 e. The van der Waals surface area contributed by atoms with E-state index >= 15 is 0 Å². The van der Waals surface area contributed by atoms with E-state index in [1.54, 1.807) is 24.3 Å². The molecule has 0 amide bonds. The quantitative estimate of drug-likeness (QED) is 0.389. The maximum atomic E-state index is 12.6. The van der Waals surface area contributed by atoms with Gasteiger partial charge in [-0.1, -0.05) is 12.1 Å². The zero-order valence-electron chi connectivity index (χ0n) is 17.9. The number of carbonyl (C=O) groups is 2. The predicted molar refractivity (Wildman–Crippen MR) is 114 cm³/mol. The monoisotopic (exact) mass is 428 g/mol. The molecule has 164 valence electrons. The average Bonchev–Trinajstić information content (AvgIpc) is 2.80. The Morgan fingerprint density at radius 3 is 1.58 bits per heavy atom. The van der Waals surface area contributed by atoms with Crippen LogP contribution in [0, 0.1) is 0 Å². The SMILES string of the molecule is COC(=O)C(=Cc1ccc(O)c(OC)c1)C(=Cc1ccc(OC)c(OC)c1)C(=O)OC. The lowest BCUT2D eigenvalue weighted by atomic mass is 9.99. The molecule has 0 spiro atoms. The van der Waals surface area contributed by atoms with Crippen LogP contribution in [0.4, 0.5) is 0 Å². The summed E-state index contributed by atoms with van der Waals surface area (Å²) >= 11 is 0. The summed E-state index contributed by atoms with van der Waals surface area (Å²) in [4.78, 5) is 25.1. The number of methoxy groups -OCH3 is 5. The smallest absolute Gasteiger partial charge is 0.338 e. The highest BCUT2D eigenvalue weighted by molar-refractivity contribution is 6.12. The molecule has 0 saturated heterocycles. The van der Waals surface area contributed by atoms with Crippen molar-refractivity contribution in [2.45, 2.75) is 0 Å². The molecule has 0 aromatic heterocycles. The van der Waals surface area contributed by atoms with Crippen molar-refractivity contribution in [3.05, 3.63) is 58.7 Å². The summed E-state index contributed by atoms with van der Waals surface area (Å²) in [6.07, 6.45) is 2.92. The number of rotatable bonds is 8. The van der Waals surface area contributed by atoms with Crippen LogP contribution < -0.4 is 14.2 Å². The van der Waals surface area contributed by atoms with E-state index < -0.39 is 11.9 Å². The molecule has 0 aliphatic rings. The van der Waals surface area contributed by atoms with Crippen molar-refractivity contribution in [1.82, 2.24) is 0 Å². The van der Waals surface area contributed by atoms with Gasteiger partial charge in [-0.3, -0.25) is 0 Å². The third kappa shape index (κ3) is 5.57. The summed E-state index contributed by atoms with van der Waals surface area (Å²) in [7, 11) is 6.82. The third-order valence-corrected chi connectivity index (χ3v) is 4.33. The van der Waals surface area contributed by atoms with Crippen LogP contribution in [-0.4, -0.2) is 52.6 Å². The number of ether oxygens (including phenoxy) is 5. The van der Waals surface area contributed by atoms with Gasteiger partial charge in [-0.05, 0) is 47.5 Å². The van der Waals surface area contributed by atoms with Crippen LogP contribution in [0.3, 0.4) is 0 Å². The molecule has 0 aliphatic heterocycles. The first-order valence-electron chi connectivity index (χ1n) is 9.07. The standard InChI is InChI=1S/C23H24O8/c1-27-19-9-7-15(13-21(19)29-3)11-17(23(26)31-5)16(22(25)30-4)10-14-6-8-18(24)20(12-14)28-2/h6-13,24H,1-5H3. The van der Waals surface area contributed by atoms with E-state index in [4.69, 9.17) is 23.7 Å². The molecule has 2 aromatic carbocycles. The highest BCUT2D eigenvalue weighted by atomic mass is 16.5. The average molecular weight is 428 g/mol. The summed E-state index contributed by atoms with van der Waals surface area (Å²) in [5, 5.41) is 9.80. The molecule has 1 N–H and O–H groups in total. The van der Waals surface area contributed by atoms with Gasteiger partial charge in [-0.15, -0.1) is 0 Å². The zero-order chi connectivity index (χ0) is 23.0. The van der Waals surface area contributed by atoms with E-state index in [0.717, 1.165) is 0 Å². The second-order valence-corrected chi connectivity index (χ2v) is 6.14. The molecule has 2 aromatic rings. The van der Waals surface area contributed by atoms with Crippen molar-refractivity contribution < 1.29 is 38.4 Å². The second kappa shape index (κ2) is 10.7. The number of aromatic hydroxyl groups is 1. The molecule has 0 aliphatic carbocycles. The molecular weight excluding hydrogens is 404 g/mol. The lowest BCUT2D eigenvalue weighted by Gasteiger charge is -2.12. The lowest BCUT2D eigenvalue weighted by Crippen LogP contribution is -2.15. The first-order valence-corrected chi connectivity index (χ1v) is 9.07. The van der Waals surface area contributed by atoms with Crippen LogP contribution >= 0.6 is 0 Å². The van der Waals surface area contributed by atoms with Crippen molar-refractivity contribution in [3.8, 4) is 23.0 Å². The fourth-order valence-electron chi connectivity index (χ4n) is 2.77. The Hall–Kier alpha value is -3.94. The summed E-state index contributed by atoms with van der Waals surface area (Å²) < 4.78 is 25.4. The summed E-state index contributed by atoms with van der Waals surface area (Å²) in [5.74, 6) is -0.373. The van der Waals surface area contributed by atoms with Crippen LogP contribution in [0.5, 0.6) is 23.0 Å². The third-order valence-electron chi connectivity index (χ3n) is 4.33. The van der Waals surface area contributed by atoms with E-state index in [1.165, 1.54) is 59.8 Å². The molecule has 0 bridgehead atoms. The molecule has 0 radical (unpaired) electrons. The largest absolute Gasteiger partial charge is 0.504 e. The lowest BCUT2D eigenvalue weighted by molar-refractivity contribution is -0.139. The highest BCUT2D eigenvalue weighted by Gasteiger charge is 2.23. The topological polar surface area (TPSA) is 101 Å². The number of benzene rings is 2. The summed E-state index contributed by atoms with van der Waals surface area (Å²) in [5.41, 5.74) is 0.985. The minimum atomic E-state index is -0.746. The fraction of sp³-hybridized carbons (Fsp3) is 0.217. The van der Waals surface area contributed by atoms with E-state index in [1.807, 2.05) is 0 Å². The fourth-order valence-corrected chi connectivity index (χ4v) is 2.77. The molecular formula is C23H24O8. The number of phenols is 1. The Balaban J connectivity index is 2.67. The number of carbonyl (C=O) groups excluding carboxylic acids is 2. The van der Waals surface area contributed by atoms with Gasteiger partial charge in [0.05, 0.1) is 46.7 Å². The summed E-state index contributed by atoms with van der Waals surface area (Å²) in [6, 6.07) is 9.51. The van der Waals surface area contributed by atoms with Crippen LogP contribution in [0.25, 0.3) is 12.2 Å². The molecule has 8 nitrogen and oxygen atoms in total. The van der Waals surface area contributed by atoms with Crippen LogP contribution in [0.15, 0.2) is 47.5 Å². The van der Waals surface area contributed by atoms with Crippen LogP contribution in [0.2, 0.25) is 0 Å². The molecule has 31 heavy (non-hydrogen) atoms. The first-order chi connectivity index (χ1) is 14.9. The number of hydrogen-bond acceptors (Lipinski definition) is 8. The predicted octanol–water partition coefficient (Wildman–Crippen LogP) is 3.23. The minimum absolute atomic E-state index is 0.0337. The van der Waals surface area contributed by atoms with Crippen molar-refractivity contribution in [2.24, 2.45) is 0 Å². The Morgan fingerprint density at radius 1 is 0.677 bits per heavy atom. The normalized spacial score (nSPS) is 11.5. The maximum absolute atomic E-state index is 12.6. The van der Waals surface area contributed by atoms with E-state index in [2.05, 4.69) is 0 Å². The van der Waals surface area contributed by atoms with Gasteiger partial charge in [0.2, 0.25) is 0 Å². The number of phenolic OH excluding ortho intramolecular Hbond substituents is 1. The Bertz CT molecular complexity index is 1020. The molecule has 0 heterocycles. The van der Waals surface area contributed by atoms with Gasteiger partial charge in [0, 0.05) is 0 Å². The van der Waals surface area contributed by atoms with Gasteiger partial charge in [0.15, 0.2) is 23.0 Å². The van der Waals surface area contributed by atoms with Gasteiger partial charge in [0.25, 0.3) is 0 Å². The van der Waals surface area contributed by atoms with Crippen molar-refractivity contribution in [2.75, 3.05) is 35.5 Å². The number of hydrogen-bond donors (Lipinski definition) is 1. The van der Waals surface area contributed by atoms with Gasteiger partial charge < -0.3 is 28.8 Å². The Morgan fingerprint density at radius 2 is 1.13 bits per heavy atom. The molecule has 2 rings (SSSR count). The van der Waals surface area contributed by atoms with Crippen molar-refractivity contribution in [1.29, 1.82) is 0 Å². The molecule has 0 unspecified atom stereocenters. The van der Waals surface area contributed by atoms with Crippen LogP contribution in [-0.2, 0) is 19.1 Å². The van der Waals surface area contributed by atoms with Crippen LogP contribution in [0.1, 0.15) is 11.1 Å². The van der Waals surface area contributed by atoms with E-state index in [9.17, 15) is 14.7 Å². The van der Waals surface area contributed by atoms with Gasteiger partial charge in [0.1, 0.15) is 0 Å². The van der Waals surface area contributed by atoms with Crippen molar-refractivity contribution in [3.63, 3.8) is 0 Å².